The van der Waals surface area contributed by atoms with E-state index in [1.807, 2.05) is 42.7 Å². The third kappa shape index (κ3) is 5.60. The smallest absolute Gasteiger partial charge is 0.341 e. The zero-order valence-electron chi connectivity index (χ0n) is 19.0. The van der Waals surface area contributed by atoms with Crippen LogP contribution in [-0.4, -0.2) is 44.4 Å². The maximum absolute atomic E-state index is 12.7. The molecule has 0 spiro atoms. The van der Waals surface area contributed by atoms with Crippen LogP contribution in [0.3, 0.4) is 0 Å². The Hall–Kier alpha value is -3.18. The minimum absolute atomic E-state index is 0.0194. The number of nitrogens with zero attached hydrogens (tertiary/aromatic N) is 3. The summed E-state index contributed by atoms with van der Waals surface area (Å²) in [6.07, 6.45) is -0.357. The number of aromatic nitrogens is 3. The molecule has 0 atom stereocenters. The van der Waals surface area contributed by atoms with Crippen LogP contribution in [-0.2, 0) is 9.53 Å². The topological polar surface area (TPSA) is 129 Å². The fourth-order valence-electron chi connectivity index (χ4n) is 3.08. The van der Waals surface area contributed by atoms with Gasteiger partial charge in [-0.2, -0.15) is 0 Å². The van der Waals surface area contributed by atoms with E-state index in [1.54, 1.807) is 20.8 Å². The van der Waals surface area contributed by atoms with E-state index in [9.17, 15) is 14.4 Å². The molecule has 0 unspecified atom stereocenters. The van der Waals surface area contributed by atoms with Crippen LogP contribution in [0.5, 0.6) is 0 Å². The summed E-state index contributed by atoms with van der Waals surface area (Å²) in [5, 5.41) is 11.8. The number of rotatable bonds is 8. The summed E-state index contributed by atoms with van der Waals surface area (Å²) in [5.41, 5.74) is 7.98. The molecule has 0 radical (unpaired) electrons. The zero-order chi connectivity index (χ0) is 24.3. The van der Waals surface area contributed by atoms with Crippen molar-refractivity contribution in [2.75, 3.05) is 11.1 Å². The number of benzene rings is 1. The normalized spacial score (nSPS) is 11.0. The second-order valence-electron chi connectivity index (χ2n) is 7.62. The van der Waals surface area contributed by atoms with Crippen LogP contribution >= 0.6 is 23.1 Å². The Bertz CT molecular complexity index is 1200. The van der Waals surface area contributed by atoms with Gasteiger partial charge in [0.15, 0.2) is 5.16 Å². The highest BCUT2D eigenvalue weighted by atomic mass is 32.2. The van der Waals surface area contributed by atoms with Gasteiger partial charge in [0.2, 0.25) is 5.91 Å². The fourth-order valence-corrected chi connectivity index (χ4v) is 4.94. The second kappa shape index (κ2) is 10.2. The molecule has 174 valence electrons. The molecule has 0 bridgehead atoms. The Labute approximate surface area is 199 Å². The van der Waals surface area contributed by atoms with Crippen LogP contribution < -0.4 is 11.1 Å². The van der Waals surface area contributed by atoms with Gasteiger partial charge in [0.05, 0.1) is 22.3 Å². The van der Waals surface area contributed by atoms with Crippen molar-refractivity contribution in [1.29, 1.82) is 0 Å². The SMILES string of the molecule is Cc1ccc(-n2c(C)nnc2SCC(=O)Nc2sc(C(N)=O)c(C)c2C(=O)OC(C)C)cc1. The average molecular weight is 488 g/mol. The van der Waals surface area contributed by atoms with E-state index in [2.05, 4.69) is 15.5 Å². The molecule has 3 rings (SSSR count). The van der Waals surface area contributed by atoms with Gasteiger partial charge in [0.1, 0.15) is 10.8 Å². The van der Waals surface area contributed by atoms with Gasteiger partial charge in [-0.05, 0) is 52.3 Å². The summed E-state index contributed by atoms with van der Waals surface area (Å²) in [6.45, 7) is 8.88. The van der Waals surface area contributed by atoms with E-state index in [0.717, 1.165) is 22.6 Å². The van der Waals surface area contributed by atoms with E-state index >= 15 is 0 Å². The number of thiophene rings is 1. The first-order valence-electron chi connectivity index (χ1n) is 10.1. The van der Waals surface area contributed by atoms with Crippen molar-refractivity contribution in [2.24, 2.45) is 5.73 Å². The Kier molecular flexibility index (Phi) is 7.54. The highest BCUT2D eigenvalue weighted by Gasteiger charge is 2.26. The average Bonchev–Trinajstić information content (AvgIpc) is 3.26. The third-order valence-electron chi connectivity index (χ3n) is 4.59. The lowest BCUT2D eigenvalue weighted by Crippen LogP contribution is -2.18. The summed E-state index contributed by atoms with van der Waals surface area (Å²) in [7, 11) is 0. The van der Waals surface area contributed by atoms with Crippen LogP contribution in [0.1, 0.15) is 50.8 Å². The van der Waals surface area contributed by atoms with Crippen molar-refractivity contribution in [3.63, 3.8) is 0 Å². The lowest BCUT2D eigenvalue weighted by Gasteiger charge is -2.11. The molecule has 0 aliphatic rings. The molecule has 2 heterocycles. The minimum atomic E-state index is -0.673. The first-order valence-corrected chi connectivity index (χ1v) is 11.9. The highest BCUT2D eigenvalue weighted by Crippen LogP contribution is 2.34. The number of nitrogens with two attached hydrogens (primary N) is 1. The minimum Gasteiger partial charge on any atom is -0.459 e. The van der Waals surface area contributed by atoms with Gasteiger partial charge in [-0.1, -0.05) is 29.5 Å². The molecule has 9 nitrogen and oxygen atoms in total. The molecule has 3 N–H and O–H groups in total. The standard InChI is InChI=1S/C22H25N5O4S2/c1-11(2)31-21(30)17-13(4)18(19(23)29)33-20(17)24-16(28)10-32-22-26-25-14(5)27(22)15-8-6-12(3)7-9-15/h6-9,11H,10H2,1-5H3,(H2,23,29)(H,24,28). The Morgan fingerprint density at radius 3 is 2.42 bits per heavy atom. The summed E-state index contributed by atoms with van der Waals surface area (Å²) in [4.78, 5) is 37.3. The van der Waals surface area contributed by atoms with Crippen molar-refractivity contribution < 1.29 is 19.1 Å². The Balaban J connectivity index is 1.79. The quantitative estimate of drug-likeness (QED) is 0.366. The zero-order valence-corrected chi connectivity index (χ0v) is 20.6. The molecule has 11 heteroatoms. The lowest BCUT2D eigenvalue weighted by atomic mass is 10.1. The summed E-state index contributed by atoms with van der Waals surface area (Å²) in [5.74, 6) is -0.949. The van der Waals surface area contributed by atoms with Crippen molar-refractivity contribution in [3.8, 4) is 5.69 Å². The fraction of sp³-hybridized carbons (Fsp3) is 0.318. The second-order valence-corrected chi connectivity index (χ2v) is 9.58. The highest BCUT2D eigenvalue weighted by molar-refractivity contribution is 7.99. The van der Waals surface area contributed by atoms with Crippen molar-refractivity contribution >= 4 is 45.9 Å². The van der Waals surface area contributed by atoms with E-state index in [1.165, 1.54) is 11.8 Å². The third-order valence-corrected chi connectivity index (χ3v) is 6.74. The number of amides is 2. The summed E-state index contributed by atoms with van der Waals surface area (Å²) < 4.78 is 7.14. The Morgan fingerprint density at radius 2 is 1.82 bits per heavy atom. The number of carbonyl (C=O) groups is 3. The predicted octanol–water partition coefficient (Wildman–Crippen LogP) is 3.65. The number of ether oxygens (including phenoxy) is 1. The van der Waals surface area contributed by atoms with Crippen molar-refractivity contribution in [1.82, 2.24) is 14.8 Å². The monoisotopic (exact) mass is 487 g/mol. The number of esters is 1. The Morgan fingerprint density at radius 1 is 1.15 bits per heavy atom. The predicted molar refractivity (Wildman–Crippen MR) is 128 cm³/mol. The molecule has 0 fully saturated rings. The first kappa shape index (κ1) is 24.5. The maximum atomic E-state index is 12.7. The van der Waals surface area contributed by atoms with Gasteiger partial charge >= 0.3 is 5.97 Å². The van der Waals surface area contributed by atoms with Crippen LogP contribution in [0.4, 0.5) is 5.00 Å². The first-order chi connectivity index (χ1) is 15.6. The van der Waals surface area contributed by atoms with Crippen LogP contribution in [0.15, 0.2) is 29.4 Å². The van der Waals surface area contributed by atoms with E-state index in [-0.39, 0.29) is 33.2 Å². The van der Waals surface area contributed by atoms with Gasteiger partial charge in [-0.3, -0.25) is 14.2 Å². The van der Waals surface area contributed by atoms with E-state index in [0.29, 0.717) is 16.5 Å². The number of carbonyl (C=O) groups excluding carboxylic acids is 3. The molecule has 1 aromatic carbocycles. The van der Waals surface area contributed by atoms with Gasteiger partial charge in [-0.15, -0.1) is 21.5 Å². The molecule has 0 saturated carbocycles. The largest absolute Gasteiger partial charge is 0.459 e. The molecular weight excluding hydrogens is 462 g/mol. The van der Waals surface area contributed by atoms with Crippen molar-refractivity contribution in [2.45, 2.75) is 45.9 Å². The lowest BCUT2D eigenvalue weighted by molar-refractivity contribution is -0.113. The van der Waals surface area contributed by atoms with E-state index < -0.39 is 11.9 Å². The number of hydrogen-bond donors (Lipinski definition) is 2. The molecule has 0 aliphatic carbocycles. The number of hydrogen-bond acceptors (Lipinski definition) is 8. The van der Waals surface area contributed by atoms with Crippen LogP contribution in [0, 0.1) is 20.8 Å². The number of primary amides is 1. The molecule has 2 amide bonds. The molecule has 33 heavy (non-hydrogen) atoms. The van der Waals surface area contributed by atoms with Gasteiger partial charge in [0.25, 0.3) is 5.91 Å². The van der Waals surface area contributed by atoms with Gasteiger partial charge < -0.3 is 15.8 Å². The molecule has 0 saturated heterocycles. The number of anilines is 1. The molecule has 2 aromatic heterocycles. The van der Waals surface area contributed by atoms with Gasteiger partial charge in [-0.25, -0.2) is 4.79 Å². The van der Waals surface area contributed by atoms with Crippen molar-refractivity contribution in [3.05, 3.63) is 51.7 Å². The molecule has 3 aromatic rings. The molecular formula is C22H25N5O4S2. The molecule has 0 aliphatic heterocycles. The number of thioether (sulfide) groups is 1. The summed E-state index contributed by atoms with van der Waals surface area (Å²) in [6, 6.07) is 7.90. The van der Waals surface area contributed by atoms with Crippen LogP contribution in [0.25, 0.3) is 5.69 Å². The number of aryl methyl sites for hydroxylation is 2. The van der Waals surface area contributed by atoms with Crippen LogP contribution in [0.2, 0.25) is 0 Å². The number of nitrogens with one attached hydrogen (secondary N) is 1. The summed E-state index contributed by atoms with van der Waals surface area (Å²) >= 11 is 2.17. The maximum Gasteiger partial charge on any atom is 0.341 e. The van der Waals surface area contributed by atoms with E-state index in [4.69, 9.17) is 10.5 Å². The van der Waals surface area contributed by atoms with Gasteiger partial charge in [0, 0.05) is 5.69 Å².